The molecule has 172 valence electrons. The van der Waals surface area contributed by atoms with E-state index in [1.165, 1.54) is 6.92 Å². The number of carbonyl (C=O) groups is 2. The molecule has 0 radical (unpaired) electrons. The van der Waals surface area contributed by atoms with Crippen LogP contribution in [0.25, 0.3) is 0 Å². The largest absolute Gasteiger partial charge is 0.377 e. The van der Waals surface area contributed by atoms with Crippen LogP contribution in [0.15, 0.2) is 0 Å². The molecule has 0 saturated carbocycles. The van der Waals surface area contributed by atoms with Gasteiger partial charge in [0.15, 0.2) is 5.78 Å². The molecule has 3 atom stereocenters. The lowest BCUT2D eigenvalue weighted by atomic mass is 10.1. The van der Waals surface area contributed by atoms with E-state index in [-0.39, 0.29) is 37.4 Å². The molecule has 0 bridgehead atoms. The van der Waals surface area contributed by atoms with Crippen LogP contribution in [0.2, 0.25) is 0 Å². The second-order valence-corrected chi connectivity index (χ2v) is 6.74. The van der Waals surface area contributed by atoms with Gasteiger partial charge in [-0.1, -0.05) is 13.8 Å². The summed E-state index contributed by atoms with van der Waals surface area (Å²) >= 11 is 0. The van der Waals surface area contributed by atoms with E-state index in [4.69, 9.17) is 23.7 Å². The Kier molecular flexibility index (Phi) is 18.1. The highest BCUT2D eigenvalue weighted by Gasteiger charge is 2.19. The minimum Gasteiger partial charge on any atom is -0.377 e. The normalized spacial score (nSPS) is 14.4. The van der Waals surface area contributed by atoms with Crippen molar-refractivity contribution in [3.63, 3.8) is 0 Å². The lowest BCUT2D eigenvalue weighted by Crippen LogP contribution is -2.38. The van der Waals surface area contributed by atoms with E-state index in [0.29, 0.717) is 46.2 Å². The second kappa shape index (κ2) is 18.9. The predicted octanol–water partition coefficient (Wildman–Crippen LogP) is 1.55. The summed E-state index contributed by atoms with van der Waals surface area (Å²) in [6.07, 6.45) is -1.16. The van der Waals surface area contributed by atoms with Crippen LogP contribution in [0.5, 0.6) is 0 Å². The second-order valence-electron chi connectivity index (χ2n) is 6.74. The molecule has 0 aromatic rings. The number of hydrogen-bond acceptors (Lipinski definition) is 7. The summed E-state index contributed by atoms with van der Waals surface area (Å²) in [6, 6.07) is 0. The van der Waals surface area contributed by atoms with Crippen molar-refractivity contribution in [1.82, 2.24) is 5.32 Å². The number of hydrogen-bond donors (Lipinski definition) is 1. The maximum atomic E-state index is 14.0. The molecule has 9 heteroatoms. The Morgan fingerprint density at radius 3 is 1.83 bits per heavy atom. The highest BCUT2D eigenvalue weighted by atomic mass is 19.1. The lowest BCUT2D eigenvalue weighted by Gasteiger charge is -2.19. The first-order valence-electron chi connectivity index (χ1n) is 10.2. The molecule has 0 saturated heterocycles. The van der Waals surface area contributed by atoms with Gasteiger partial charge in [0, 0.05) is 5.92 Å². The van der Waals surface area contributed by atoms with Gasteiger partial charge >= 0.3 is 0 Å². The van der Waals surface area contributed by atoms with Crippen LogP contribution >= 0.6 is 0 Å². The Balaban J connectivity index is 3.40. The molecule has 8 nitrogen and oxygen atoms in total. The molecule has 1 amide bonds. The number of carbonyl (C=O) groups excluding carboxylic acids is 2. The number of rotatable bonds is 20. The van der Waals surface area contributed by atoms with Crippen molar-refractivity contribution in [3.8, 4) is 0 Å². The number of alkyl halides is 1. The molecule has 0 fully saturated rings. The molecular formula is C20H38FNO7. The van der Waals surface area contributed by atoms with E-state index >= 15 is 0 Å². The molecule has 0 spiro atoms. The molecular weight excluding hydrogens is 385 g/mol. The lowest BCUT2D eigenvalue weighted by molar-refractivity contribution is -0.125. The summed E-state index contributed by atoms with van der Waals surface area (Å²) < 4.78 is 40.4. The van der Waals surface area contributed by atoms with Gasteiger partial charge in [-0.3, -0.25) is 9.59 Å². The summed E-state index contributed by atoms with van der Waals surface area (Å²) in [5.41, 5.74) is 0. The Bertz CT molecular complexity index is 426. The Morgan fingerprint density at radius 1 is 0.862 bits per heavy atom. The van der Waals surface area contributed by atoms with E-state index in [1.54, 1.807) is 6.92 Å². The fourth-order valence-corrected chi connectivity index (χ4v) is 2.00. The summed E-state index contributed by atoms with van der Waals surface area (Å²) in [4.78, 5) is 22.3. The zero-order valence-corrected chi connectivity index (χ0v) is 18.2. The standard InChI is InChI=1S/C20H38FNO7/c1-5-16(2)20(24)22-14-19(21)18(4)29-13-12-27-9-8-25-6-7-26-10-11-28-15-17(3)23/h16,18-19H,5-15H2,1-4H3,(H,22,24). The van der Waals surface area contributed by atoms with Gasteiger partial charge in [0.1, 0.15) is 12.8 Å². The third kappa shape index (κ3) is 17.4. The molecule has 0 heterocycles. The summed E-state index contributed by atoms with van der Waals surface area (Å²) in [6.45, 7) is 10.00. The molecule has 3 unspecified atom stereocenters. The molecule has 0 aliphatic carbocycles. The van der Waals surface area contributed by atoms with E-state index in [9.17, 15) is 14.0 Å². The Morgan fingerprint density at radius 2 is 1.34 bits per heavy atom. The average Bonchev–Trinajstić information content (AvgIpc) is 2.70. The summed E-state index contributed by atoms with van der Waals surface area (Å²) in [5.74, 6) is -0.270. The van der Waals surface area contributed by atoms with Crippen LogP contribution < -0.4 is 5.32 Å². The van der Waals surface area contributed by atoms with E-state index < -0.39 is 12.3 Å². The van der Waals surface area contributed by atoms with Gasteiger partial charge in [0.25, 0.3) is 0 Å². The van der Waals surface area contributed by atoms with Gasteiger partial charge in [-0.2, -0.15) is 0 Å². The number of halogens is 1. The molecule has 0 aliphatic heterocycles. The maximum Gasteiger partial charge on any atom is 0.222 e. The number of nitrogens with one attached hydrogen (secondary N) is 1. The average molecular weight is 424 g/mol. The maximum absolute atomic E-state index is 14.0. The van der Waals surface area contributed by atoms with Crippen molar-refractivity contribution < 1.29 is 37.7 Å². The highest BCUT2D eigenvalue weighted by Crippen LogP contribution is 2.04. The monoisotopic (exact) mass is 423 g/mol. The molecule has 29 heavy (non-hydrogen) atoms. The van der Waals surface area contributed by atoms with Gasteiger partial charge in [-0.05, 0) is 20.3 Å². The molecule has 1 N–H and O–H groups in total. The smallest absolute Gasteiger partial charge is 0.222 e. The minimum absolute atomic E-state index is 0.0109. The number of ketones is 1. The number of ether oxygens (including phenoxy) is 5. The highest BCUT2D eigenvalue weighted by molar-refractivity contribution is 5.78. The quantitative estimate of drug-likeness (QED) is 0.297. The minimum atomic E-state index is -1.26. The fourth-order valence-electron chi connectivity index (χ4n) is 2.00. The van der Waals surface area contributed by atoms with Gasteiger partial charge in [-0.25, -0.2) is 4.39 Å². The topological polar surface area (TPSA) is 92.3 Å². The Labute approximate surface area is 173 Å². The van der Waals surface area contributed by atoms with Crippen LogP contribution in [-0.2, 0) is 33.3 Å². The van der Waals surface area contributed by atoms with Gasteiger partial charge < -0.3 is 29.0 Å². The first kappa shape index (κ1) is 27.9. The zero-order chi connectivity index (χ0) is 21.9. The van der Waals surface area contributed by atoms with Crippen molar-refractivity contribution in [2.45, 2.75) is 46.4 Å². The fraction of sp³-hybridized carbons (Fsp3) is 0.900. The van der Waals surface area contributed by atoms with E-state index in [0.717, 1.165) is 6.42 Å². The zero-order valence-electron chi connectivity index (χ0n) is 18.2. The van der Waals surface area contributed by atoms with Crippen LogP contribution in [-0.4, -0.2) is 90.0 Å². The van der Waals surface area contributed by atoms with E-state index in [1.807, 2.05) is 13.8 Å². The molecule has 0 aliphatic rings. The van der Waals surface area contributed by atoms with Crippen molar-refractivity contribution >= 4 is 11.7 Å². The van der Waals surface area contributed by atoms with Crippen molar-refractivity contribution in [2.24, 2.45) is 5.92 Å². The SMILES string of the molecule is CCC(C)C(=O)NCC(F)C(C)OCCOCCOCCOCCOCC(C)=O. The first-order valence-corrected chi connectivity index (χ1v) is 10.2. The van der Waals surface area contributed by atoms with Crippen molar-refractivity contribution in [3.05, 3.63) is 0 Å². The van der Waals surface area contributed by atoms with Crippen LogP contribution in [0.3, 0.4) is 0 Å². The summed E-state index contributed by atoms with van der Waals surface area (Å²) in [5, 5.41) is 2.60. The predicted molar refractivity (Wildman–Crippen MR) is 107 cm³/mol. The van der Waals surface area contributed by atoms with Gasteiger partial charge in [0.2, 0.25) is 5.91 Å². The van der Waals surface area contributed by atoms with E-state index in [2.05, 4.69) is 5.32 Å². The number of Topliss-reactive ketones (excluding diaryl/α,β-unsaturated/α-hetero) is 1. The van der Waals surface area contributed by atoms with Crippen LogP contribution in [0.1, 0.15) is 34.1 Å². The molecule has 0 rings (SSSR count). The third-order valence-corrected chi connectivity index (χ3v) is 4.07. The van der Waals surface area contributed by atoms with Crippen molar-refractivity contribution in [1.29, 1.82) is 0 Å². The Hall–Kier alpha value is -1.13. The number of amides is 1. The summed E-state index contributed by atoms with van der Waals surface area (Å²) in [7, 11) is 0. The van der Waals surface area contributed by atoms with Crippen molar-refractivity contribution in [2.75, 3.05) is 66.0 Å². The molecule has 0 aromatic carbocycles. The van der Waals surface area contributed by atoms with Gasteiger partial charge in [0.05, 0.1) is 65.5 Å². The third-order valence-electron chi connectivity index (χ3n) is 4.07. The van der Waals surface area contributed by atoms with Gasteiger partial charge in [-0.15, -0.1) is 0 Å². The molecule has 0 aromatic heterocycles. The first-order chi connectivity index (χ1) is 13.9. The van der Waals surface area contributed by atoms with Crippen LogP contribution in [0, 0.1) is 5.92 Å². The van der Waals surface area contributed by atoms with Crippen LogP contribution in [0.4, 0.5) is 4.39 Å².